The summed E-state index contributed by atoms with van der Waals surface area (Å²) < 4.78 is 5.19. The number of hydrogen-bond donors (Lipinski definition) is 3. The number of phenols is 1. The standard InChI is InChI=1S/C18H19NO5/c1-18(2,3)24-17(23)19-14-6-4-5-11(8-14)12-7-13(16(21)22)10-15(20)9-12/h4-10,20H,1-3H3,(H,19,23)(H,21,22). The van der Waals surface area contributed by atoms with Gasteiger partial charge in [-0.1, -0.05) is 12.1 Å². The van der Waals surface area contributed by atoms with Crippen molar-refractivity contribution < 1.29 is 24.5 Å². The van der Waals surface area contributed by atoms with Gasteiger partial charge in [-0.05, 0) is 62.2 Å². The Hall–Kier alpha value is -3.02. The second-order valence-corrected chi connectivity index (χ2v) is 6.28. The third-order valence-electron chi connectivity index (χ3n) is 3.01. The molecular formula is C18H19NO5. The quantitative estimate of drug-likeness (QED) is 0.787. The maximum Gasteiger partial charge on any atom is 0.412 e. The highest BCUT2D eigenvalue weighted by molar-refractivity contribution is 5.91. The number of aromatic carboxylic acids is 1. The van der Waals surface area contributed by atoms with Crippen LogP contribution in [0.15, 0.2) is 42.5 Å². The normalized spacial score (nSPS) is 11.0. The zero-order chi connectivity index (χ0) is 17.9. The average molecular weight is 329 g/mol. The van der Waals surface area contributed by atoms with Crippen LogP contribution in [0.4, 0.5) is 10.5 Å². The fourth-order valence-corrected chi connectivity index (χ4v) is 2.10. The van der Waals surface area contributed by atoms with E-state index in [-0.39, 0.29) is 11.3 Å². The van der Waals surface area contributed by atoms with Crippen LogP contribution in [0.5, 0.6) is 5.75 Å². The maximum atomic E-state index is 11.8. The van der Waals surface area contributed by atoms with Gasteiger partial charge in [0.15, 0.2) is 0 Å². The lowest BCUT2D eigenvalue weighted by molar-refractivity contribution is 0.0634. The highest BCUT2D eigenvalue weighted by Gasteiger charge is 2.16. The van der Waals surface area contributed by atoms with Crippen LogP contribution < -0.4 is 5.32 Å². The summed E-state index contributed by atoms with van der Waals surface area (Å²) >= 11 is 0. The number of anilines is 1. The number of hydrogen-bond acceptors (Lipinski definition) is 4. The largest absolute Gasteiger partial charge is 0.508 e. The second kappa shape index (κ2) is 6.62. The van der Waals surface area contributed by atoms with Gasteiger partial charge < -0.3 is 14.9 Å². The van der Waals surface area contributed by atoms with Crippen LogP contribution in [-0.4, -0.2) is 27.9 Å². The van der Waals surface area contributed by atoms with Crippen molar-refractivity contribution in [2.24, 2.45) is 0 Å². The van der Waals surface area contributed by atoms with Gasteiger partial charge in [0.1, 0.15) is 11.4 Å². The molecule has 0 saturated carbocycles. The Kier molecular flexibility index (Phi) is 4.78. The van der Waals surface area contributed by atoms with E-state index in [1.807, 2.05) is 0 Å². The Balaban J connectivity index is 2.28. The number of carboxylic acids is 1. The van der Waals surface area contributed by atoms with Crippen molar-refractivity contribution in [3.63, 3.8) is 0 Å². The minimum absolute atomic E-state index is 0.0181. The van der Waals surface area contributed by atoms with Crippen LogP contribution in [0, 0.1) is 0 Å². The van der Waals surface area contributed by atoms with Crippen molar-refractivity contribution in [1.82, 2.24) is 0 Å². The molecule has 3 N–H and O–H groups in total. The average Bonchev–Trinajstić information content (AvgIpc) is 2.44. The van der Waals surface area contributed by atoms with Crippen molar-refractivity contribution in [3.05, 3.63) is 48.0 Å². The van der Waals surface area contributed by atoms with E-state index in [1.54, 1.807) is 45.0 Å². The number of amides is 1. The molecule has 0 aliphatic rings. The van der Waals surface area contributed by atoms with Crippen LogP contribution in [0.2, 0.25) is 0 Å². The van der Waals surface area contributed by atoms with E-state index in [0.717, 1.165) is 0 Å². The molecule has 0 atom stereocenters. The highest BCUT2D eigenvalue weighted by atomic mass is 16.6. The minimum Gasteiger partial charge on any atom is -0.508 e. The summed E-state index contributed by atoms with van der Waals surface area (Å²) in [6, 6.07) is 10.9. The molecule has 0 aliphatic heterocycles. The van der Waals surface area contributed by atoms with Crippen molar-refractivity contribution in [3.8, 4) is 16.9 Å². The van der Waals surface area contributed by atoms with E-state index >= 15 is 0 Å². The number of ether oxygens (including phenoxy) is 1. The van der Waals surface area contributed by atoms with Gasteiger partial charge in [-0.25, -0.2) is 9.59 Å². The highest BCUT2D eigenvalue weighted by Crippen LogP contribution is 2.27. The monoisotopic (exact) mass is 329 g/mol. The molecular weight excluding hydrogens is 310 g/mol. The molecule has 2 rings (SSSR count). The van der Waals surface area contributed by atoms with Crippen LogP contribution in [0.1, 0.15) is 31.1 Å². The third kappa shape index (κ3) is 4.74. The lowest BCUT2D eigenvalue weighted by Gasteiger charge is -2.19. The molecule has 0 heterocycles. The van der Waals surface area contributed by atoms with Gasteiger partial charge in [-0.15, -0.1) is 0 Å². The predicted molar refractivity (Wildman–Crippen MR) is 90.4 cm³/mol. The molecule has 0 unspecified atom stereocenters. The molecule has 0 spiro atoms. The zero-order valence-corrected chi connectivity index (χ0v) is 13.7. The van der Waals surface area contributed by atoms with Crippen LogP contribution in [0.25, 0.3) is 11.1 Å². The minimum atomic E-state index is -1.13. The van der Waals surface area contributed by atoms with E-state index in [9.17, 15) is 14.7 Å². The summed E-state index contributed by atoms with van der Waals surface area (Å²) in [7, 11) is 0. The van der Waals surface area contributed by atoms with Gasteiger partial charge in [-0.3, -0.25) is 5.32 Å². The number of carbonyl (C=O) groups is 2. The Labute approximate surface area is 139 Å². The van der Waals surface area contributed by atoms with Gasteiger partial charge in [0.25, 0.3) is 0 Å². The molecule has 0 fully saturated rings. The molecule has 0 radical (unpaired) electrons. The molecule has 0 aliphatic carbocycles. The van der Waals surface area contributed by atoms with E-state index in [0.29, 0.717) is 16.8 Å². The fourth-order valence-electron chi connectivity index (χ4n) is 2.10. The van der Waals surface area contributed by atoms with Gasteiger partial charge in [0, 0.05) is 5.69 Å². The van der Waals surface area contributed by atoms with Crippen LogP contribution in [0.3, 0.4) is 0 Å². The van der Waals surface area contributed by atoms with E-state index in [4.69, 9.17) is 9.84 Å². The number of phenolic OH excluding ortho intramolecular Hbond substituents is 1. The van der Waals surface area contributed by atoms with Crippen LogP contribution in [-0.2, 0) is 4.74 Å². The first-order valence-corrected chi connectivity index (χ1v) is 7.32. The molecule has 6 heteroatoms. The first-order valence-electron chi connectivity index (χ1n) is 7.32. The van der Waals surface area contributed by atoms with E-state index < -0.39 is 17.7 Å². The molecule has 2 aromatic carbocycles. The molecule has 0 saturated heterocycles. The Morgan fingerprint density at radius 2 is 1.75 bits per heavy atom. The summed E-state index contributed by atoms with van der Waals surface area (Å²) in [4.78, 5) is 22.9. The summed E-state index contributed by atoms with van der Waals surface area (Å²) in [5.41, 5.74) is 1.06. The smallest absolute Gasteiger partial charge is 0.412 e. The van der Waals surface area contributed by atoms with Gasteiger partial charge in [-0.2, -0.15) is 0 Å². The topological polar surface area (TPSA) is 95.9 Å². The number of nitrogens with one attached hydrogen (secondary N) is 1. The summed E-state index contributed by atoms with van der Waals surface area (Å²) in [5.74, 6) is -1.27. The van der Waals surface area contributed by atoms with Gasteiger partial charge >= 0.3 is 12.1 Å². The SMILES string of the molecule is CC(C)(C)OC(=O)Nc1cccc(-c2cc(O)cc(C(=O)O)c2)c1. The maximum absolute atomic E-state index is 11.8. The number of carboxylic acid groups (broad SMARTS) is 1. The van der Waals surface area contributed by atoms with Crippen LogP contribution >= 0.6 is 0 Å². The number of benzene rings is 2. The lowest BCUT2D eigenvalue weighted by Crippen LogP contribution is -2.27. The lowest BCUT2D eigenvalue weighted by atomic mass is 10.0. The molecule has 0 aromatic heterocycles. The number of carbonyl (C=O) groups excluding carboxylic acids is 1. The van der Waals surface area contributed by atoms with Crippen molar-refractivity contribution in [1.29, 1.82) is 0 Å². The van der Waals surface area contributed by atoms with Crippen molar-refractivity contribution in [2.45, 2.75) is 26.4 Å². The zero-order valence-electron chi connectivity index (χ0n) is 13.7. The number of aromatic hydroxyl groups is 1. The molecule has 126 valence electrons. The molecule has 2 aromatic rings. The van der Waals surface area contributed by atoms with Crippen molar-refractivity contribution in [2.75, 3.05) is 5.32 Å². The predicted octanol–water partition coefficient (Wildman–Crippen LogP) is 4.10. The summed E-state index contributed by atoms with van der Waals surface area (Å²) in [6.07, 6.45) is -0.582. The molecule has 0 bridgehead atoms. The molecule has 24 heavy (non-hydrogen) atoms. The number of rotatable bonds is 3. The van der Waals surface area contributed by atoms with Crippen molar-refractivity contribution >= 4 is 17.7 Å². The van der Waals surface area contributed by atoms with E-state index in [2.05, 4.69) is 5.32 Å². The Morgan fingerprint density at radius 1 is 1.04 bits per heavy atom. The molecule has 6 nitrogen and oxygen atoms in total. The third-order valence-corrected chi connectivity index (χ3v) is 3.01. The van der Waals surface area contributed by atoms with Gasteiger partial charge in [0.05, 0.1) is 5.56 Å². The van der Waals surface area contributed by atoms with Gasteiger partial charge in [0.2, 0.25) is 0 Å². The Morgan fingerprint density at radius 3 is 2.38 bits per heavy atom. The van der Waals surface area contributed by atoms with E-state index in [1.165, 1.54) is 18.2 Å². The Bertz CT molecular complexity index is 777. The summed E-state index contributed by atoms with van der Waals surface area (Å²) in [5, 5.41) is 21.4. The first kappa shape index (κ1) is 17.3. The second-order valence-electron chi connectivity index (χ2n) is 6.28. The first-order chi connectivity index (χ1) is 11.1. The molecule has 1 amide bonds. The summed E-state index contributed by atoms with van der Waals surface area (Å²) in [6.45, 7) is 5.30. The fraction of sp³-hybridized carbons (Fsp3) is 0.222.